The quantitative estimate of drug-likeness (QED) is 0.862. The Morgan fingerprint density at radius 2 is 1.95 bits per heavy atom. The lowest BCUT2D eigenvalue weighted by Crippen LogP contribution is -2.28. The number of hydrogen-bond acceptors (Lipinski definition) is 4. The topological polar surface area (TPSA) is 59.2 Å². The number of amides is 1. The SMILES string of the molecule is CSc1ccc(CN(C)C(=O)Cc2ccc(N)cn2)cc1. The molecule has 1 aromatic heterocycles. The Labute approximate surface area is 129 Å². The molecule has 0 fully saturated rings. The van der Waals surface area contributed by atoms with Gasteiger partial charge in [-0.15, -0.1) is 11.8 Å². The van der Waals surface area contributed by atoms with Gasteiger partial charge in [0.2, 0.25) is 5.91 Å². The molecule has 1 amide bonds. The standard InChI is InChI=1S/C16H19N3OS/c1-19(11-12-3-7-15(21-2)8-4-12)16(20)9-14-6-5-13(17)10-18-14/h3-8,10H,9,11,17H2,1-2H3. The Kier molecular flexibility index (Phi) is 5.22. The maximum Gasteiger partial charge on any atom is 0.228 e. The second kappa shape index (κ2) is 7.13. The smallest absolute Gasteiger partial charge is 0.228 e. The van der Waals surface area contributed by atoms with E-state index >= 15 is 0 Å². The maximum atomic E-state index is 12.2. The van der Waals surface area contributed by atoms with Crippen molar-refractivity contribution in [3.8, 4) is 0 Å². The van der Waals surface area contributed by atoms with Gasteiger partial charge >= 0.3 is 0 Å². The highest BCUT2D eigenvalue weighted by Gasteiger charge is 2.11. The first-order chi connectivity index (χ1) is 10.1. The normalized spacial score (nSPS) is 10.4. The molecule has 0 unspecified atom stereocenters. The largest absolute Gasteiger partial charge is 0.397 e. The zero-order valence-electron chi connectivity index (χ0n) is 12.2. The van der Waals surface area contributed by atoms with E-state index < -0.39 is 0 Å². The lowest BCUT2D eigenvalue weighted by Gasteiger charge is -2.17. The first-order valence-electron chi connectivity index (χ1n) is 6.66. The number of likely N-dealkylation sites (N-methyl/N-ethyl adjacent to an activating group) is 1. The van der Waals surface area contributed by atoms with Gasteiger partial charge in [0, 0.05) is 24.2 Å². The Balaban J connectivity index is 1.93. The number of aromatic nitrogens is 1. The fourth-order valence-electron chi connectivity index (χ4n) is 1.92. The van der Waals surface area contributed by atoms with Crippen molar-refractivity contribution in [1.29, 1.82) is 0 Å². The van der Waals surface area contributed by atoms with Crippen LogP contribution >= 0.6 is 11.8 Å². The summed E-state index contributed by atoms with van der Waals surface area (Å²) in [4.78, 5) is 19.3. The Bertz CT molecular complexity index is 596. The molecule has 0 saturated heterocycles. The molecule has 0 bridgehead atoms. The fourth-order valence-corrected chi connectivity index (χ4v) is 2.33. The molecular weight excluding hydrogens is 282 g/mol. The molecule has 1 heterocycles. The van der Waals surface area contributed by atoms with Crippen molar-refractivity contribution in [2.75, 3.05) is 19.0 Å². The van der Waals surface area contributed by atoms with Crippen LogP contribution in [-0.4, -0.2) is 29.1 Å². The molecule has 0 aliphatic rings. The van der Waals surface area contributed by atoms with Crippen LogP contribution in [0.3, 0.4) is 0 Å². The van der Waals surface area contributed by atoms with Gasteiger partial charge in [0.25, 0.3) is 0 Å². The zero-order valence-corrected chi connectivity index (χ0v) is 13.1. The van der Waals surface area contributed by atoms with Gasteiger partial charge in [-0.05, 0) is 36.1 Å². The van der Waals surface area contributed by atoms with Crippen LogP contribution in [0.1, 0.15) is 11.3 Å². The molecule has 0 aliphatic heterocycles. The minimum absolute atomic E-state index is 0.0428. The lowest BCUT2D eigenvalue weighted by atomic mass is 10.2. The van der Waals surface area contributed by atoms with E-state index in [2.05, 4.69) is 29.2 Å². The van der Waals surface area contributed by atoms with Crippen molar-refractivity contribution in [3.63, 3.8) is 0 Å². The highest BCUT2D eigenvalue weighted by Crippen LogP contribution is 2.15. The predicted molar refractivity (Wildman–Crippen MR) is 87.1 cm³/mol. The molecule has 110 valence electrons. The molecular formula is C16H19N3OS. The van der Waals surface area contributed by atoms with Crippen molar-refractivity contribution >= 4 is 23.4 Å². The van der Waals surface area contributed by atoms with Crippen molar-refractivity contribution in [2.45, 2.75) is 17.9 Å². The summed E-state index contributed by atoms with van der Waals surface area (Å²) in [6.07, 6.45) is 3.91. The molecule has 2 rings (SSSR count). The molecule has 2 N–H and O–H groups in total. The van der Waals surface area contributed by atoms with Crippen LogP contribution in [0, 0.1) is 0 Å². The molecule has 0 aliphatic carbocycles. The summed E-state index contributed by atoms with van der Waals surface area (Å²) in [5, 5.41) is 0. The molecule has 21 heavy (non-hydrogen) atoms. The number of thioether (sulfide) groups is 1. The number of nitrogens with zero attached hydrogens (tertiary/aromatic N) is 2. The molecule has 0 saturated carbocycles. The number of benzene rings is 1. The third-order valence-electron chi connectivity index (χ3n) is 3.18. The van der Waals surface area contributed by atoms with Gasteiger partial charge in [-0.3, -0.25) is 9.78 Å². The van der Waals surface area contributed by atoms with Crippen LogP contribution < -0.4 is 5.73 Å². The Morgan fingerprint density at radius 3 is 2.52 bits per heavy atom. The molecule has 0 atom stereocenters. The van der Waals surface area contributed by atoms with Crippen molar-refractivity contribution < 1.29 is 4.79 Å². The average Bonchev–Trinajstić information content (AvgIpc) is 2.50. The summed E-state index contributed by atoms with van der Waals surface area (Å²) in [6, 6.07) is 11.8. The van der Waals surface area contributed by atoms with Crippen LogP contribution in [0.25, 0.3) is 0 Å². The highest BCUT2D eigenvalue weighted by molar-refractivity contribution is 7.98. The summed E-state index contributed by atoms with van der Waals surface area (Å²) >= 11 is 1.71. The van der Waals surface area contributed by atoms with Crippen LogP contribution in [0.2, 0.25) is 0 Å². The molecule has 5 heteroatoms. The summed E-state index contributed by atoms with van der Waals surface area (Å²) in [5.41, 5.74) is 8.04. The van der Waals surface area contributed by atoms with E-state index in [1.807, 2.05) is 13.3 Å². The van der Waals surface area contributed by atoms with Gasteiger partial charge in [-0.25, -0.2) is 0 Å². The van der Waals surface area contributed by atoms with Crippen molar-refractivity contribution in [1.82, 2.24) is 9.88 Å². The second-order valence-electron chi connectivity index (χ2n) is 4.86. The highest BCUT2D eigenvalue weighted by atomic mass is 32.2. The summed E-state index contributed by atoms with van der Waals surface area (Å²) in [6.45, 7) is 0.600. The van der Waals surface area contributed by atoms with Crippen LogP contribution in [0.5, 0.6) is 0 Å². The third-order valence-corrected chi connectivity index (χ3v) is 3.93. The van der Waals surface area contributed by atoms with Gasteiger partial charge in [-0.2, -0.15) is 0 Å². The van der Waals surface area contributed by atoms with Crippen LogP contribution in [0.15, 0.2) is 47.5 Å². The van der Waals surface area contributed by atoms with Crippen LogP contribution in [0.4, 0.5) is 5.69 Å². The third kappa shape index (κ3) is 4.49. The minimum atomic E-state index is 0.0428. The Morgan fingerprint density at radius 1 is 1.24 bits per heavy atom. The first kappa shape index (κ1) is 15.4. The Hall–Kier alpha value is -2.01. The number of nitrogens with two attached hydrogens (primary N) is 1. The summed E-state index contributed by atoms with van der Waals surface area (Å²) < 4.78 is 0. The van der Waals surface area contributed by atoms with E-state index in [1.54, 1.807) is 35.0 Å². The van der Waals surface area contributed by atoms with Gasteiger partial charge in [0.1, 0.15) is 0 Å². The fraction of sp³-hybridized carbons (Fsp3) is 0.250. The van der Waals surface area contributed by atoms with E-state index in [0.29, 0.717) is 18.7 Å². The second-order valence-corrected chi connectivity index (χ2v) is 5.74. The summed E-state index contributed by atoms with van der Waals surface area (Å²) in [5.74, 6) is 0.0428. The zero-order chi connectivity index (χ0) is 15.2. The molecule has 4 nitrogen and oxygen atoms in total. The van der Waals surface area contributed by atoms with Crippen molar-refractivity contribution in [2.24, 2.45) is 0 Å². The van der Waals surface area contributed by atoms with Gasteiger partial charge in [0.05, 0.1) is 18.3 Å². The van der Waals surface area contributed by atoms with E-state index in [9.17, 15) is 4.79 Å². The first-order valence-corrected chi connectivity index (χ1v) is 7.88. The predicted octanol–water partition coefficient (Wildman–Crippen LogP) is 2.59. The van der Waals surface area contributed by atoms with E-state index in [4.69, 9.17) is 5.73 Å². The minimum Gasteiger partial charge on any atom is -0.397 e. The van der Waals surface area contributed by atoms with Crippen LogP contribution in [-0.2, 0) is 17.8 Å². The molecule has 0 spiro atoms. The monoisotopic (exact) mass is 301 g/mol. The van der Waals surface area contributed by atoms with Gasteiger partial charge in [0.15, 0.2) is 0 Å². The molecule has 2 aromatic rings. The summed E-state index contributed by atoms with van der Waals surface area (Å²) in [7, 11) is 1.81. The average molecular weight is 301 g/mol. The van der Waals surface area contributed by atoms with Gasteiger partial charge < -0.3 is 10.6 Å². The molecule has 0 radical (unpaired) electrons. The van der Waals surface area contributed by atoms with E-state index in [1.165, 1.54) is 4.90 Å². The number of hydrogen-bond donors (Lipinski definition) is 1. The number of carbonyl (C=O) groups is 1. The van der Waals surface area contributed by atoms with Gasteiger partial charge in [-0.1, -0.05) is 12.1 Å². The number of carbonyl (C=O) groups excluding carboxylic acids is 1. The lowest BCUT2D eigenvalue weighted by molar-refractivity contribution is -0.129. The number of nitrogen functional groups attached to an aromatic ring is 1. The number of anilines is 1. The molecule has 1 aromatic carbocycles. The van der Waals surface area contributed by atoms with E-state index in [-0.39, 0.29) is 5.91 Å². The number of pyridine rings is 1. The number of rotatable bonds is 5. The van der Waals surface area contributed by atoms with Crippen molar-refractivity contribution in [3.05, 3.63) is 53.9 Å². The van der Waals surface area contributed by atoms with E-state index in [0.717, 1.165) is 11.3 Å². The maximum absolute atomic E-state index is 12.2.